The zero-order chi connectivity index (χ0) is 11.5. The van der Waals surface area contributed by atoms with Crippen LogP contribution < -0.4 is 10.5 Å². The van der Waals surface area contributed by atoms with Crippen molar-refractivity contribution in [1.82, 2.24) is 9.55 Å². The zero-order valence-electron chi connectivity index (χ0n) is 8.85. The molecule has 2 aromatic rings. The summed E-state index contributed by atoms with van der Waals surface area (Å²) in [4.78, 5) is 4.16. The van der Waals surface area contributed by atoms with E-state index in [1.807, 2.05) is 31.3 Å². The van der Waals surface area contributed by atoms with Crippen molar-refractivity contribution in [2.75, 3.05) is 5.73 Å². The predicted octanol–water partition coefficient (Wildman–Crippen LogP) is 2.34. The van der Waals surface area contributed by atoms with E-state index in [0.717, 1.165) is 16.0 Å². The molecule has 2 rings (SSSR count). The lowest BCUT2D eigenvalue weighted by molar-refractivity contribution is 0.290. The average Bonchev–Trinajstić information content (AvgIpc) is 2.59. The molecule has 0 saturated heterocycles. The van der Waals surface area contributed by atoms with E-state index < -0.39 is 0 Å². The number of nitrogens with zero attached hydrogens (tertiary/aromatic N) is 2. The molecule has 0 fully saturated rings. The van der Waals surface area contributed by atoms with Gasteiger partial charge >= 0.3 is 0 Å². The van der Waals surface area contributed by atoms with Crippen molar-refractivity contribution >= 4 is 21.7 Å². The summed E-state index contributed by atoms with van der Waals surface area (Å²) in [5.74, 6) is 2.23. The van der Waals surface area contributed by atoms with Crippen LogP contribution in [0.25, 0.3) is 0 Å². The van der Waals surface area contributed by atoms with Gasteiger partial charge < -0.3 is 15.0 Å². The van der Waals surface area contributed by atoms with Gasteiger partial charge in [-0.1, -0.05) is 12.1 Å². The third-order valence-corrected chi connectivity index (χ3v) is 2.97. The van der Waals surface area contributed by atoms with Gasteiger partial charge in [-0.3, -0.25) is 0 Å². The molecule has 84 valence electrons. The number of hydrogen-bond acceptors (Lipinski definition) is 3. The Morgan fingerprint density at radius 1 is 1.44 bits per heavy atom. The van der Waals surface area contributed by atoms with E-state index in [-0.39, 0.29) is 0 Å². The lowest BCUT2D eigenvalue weighted by Gasteiger charge is -2.07. The number of hydrogen-bond donors (Lipinski definition) is 1. The Kier molecular flexibility index (Phi) is 3.14. The fourth-order valence-corrected chi connectivity index (χ4v) is 1.70. The van der Waals surface area contributed by atoms with Gasteiger partial charge in [0, 0.05) is 7.05 Å². The van der Waals surface area contributed by atoms with E-state index in [0.29, 0.717) is 12.4 Å². The van der Waals surface area contributed by atoms with Crippen molar-refractivity contribution in [3.8, 4) is 5.75 Å². The molecule has 1 aromatic carbocycles. The minimum absolute atomic E-state index is 0.399. The first kappa shape index (κ1) is 11.0. The molecule has 0 atom stereocenters. The van der Waals surface area contributed by atoms with Gasteiger partial charge in [-0.05, 0) is 28.1 Å². The molecular weight excluding hydrogens is 270 g/mol. The minimum Gasteiger partial charge on any atom is -0.484 e. The molecule has 0 saturated carbocycles. The second-order valence-electron chi connectivity index (χ2n) is 3.38. The van der Waals surface area contributed by atoms with Crippen LogP contribution in [-0.4, -0.2) is 9.55 Å². The molecule has 2 N–H and O–H groups in total. The first-order valence-corrected chi connectivity index (χ1v) is 5.61. The van der Waals surface area contributed by atoms with Crippen LogP contribution in [-0.2, 0) is 13.7 Å². The van der Waals surface area contributed by atoms with Crippen LogP contribution >= 0.6 is 15.9 Å². The highest BCUT2D eigenvalue weighted by molar-refractivity contribution is 9.10. The largest absolute Gasteiger partial charge is 0.484 e. The summed E-state index contributed by atoms with van der Waals surface area (Å²) in [5.41, 5.74) is 5.68. The summed E-state index contributed by atoms with van der Waals surface area (Å²) in [6.45, 7) is 0.399. The Morgan fingerprint density at radius 2 is 2.19 bits per heavy atom. The molecule has 5 heteroatoms. The maximum atomic E-state index is 5.68. The van der Waals surface area contributed by atoms with Crippen molar-refractivity contribution in [2.45, 2.75) is 6.61 Å². The third kappa shape index (κ3) is 2.19. The number of rotatable bonds is 3. The molecule has 4 nitrogen and oxygen atoms in total. The standard InChI is InChI=1S/C11H12BrN3O/c1-15-10(13)6-14-11(15)7-16-9-5-3-2-4-8(9)12/h2-6H,7,13H2,1H3. The molecule has 0 aliphatic heterocycles. The molecule has 0 aliphatic carbocycles. The Morgan fingerprint density at radius 3 is 2.81 bits per heavy atom. The first-order chi connectivity index (χ1) is 7.68. The monoisotopic (exact) mass is 281 g/mol. The van der Waals surface area contributed by atoms with Crippen LogP contribution in [0.4, 0.5) is 5.82 Å². The van der Waals surface area contributed by atoms with E-state index in [4.69, 9.17) is 10.5 Å². The highest BCUT2D eigenvalue weighted by Gasteiger charge is 2.05. The fourth-order valence-electron chi connectivity index (χ4n) is 1.30. The zero-order valence-corrected chi connectivity index (χ0v) is 10.4. The number of imidazole rings is 1. The Balaban J connectivity index is 2.08. The van der Waals surface area contributed by atoms with Gasteiger partial charge in [0.2, 0.25) is 0 Å². The normalized spacial score (nSPS) is 10.4. The molecule has 0 aliphatic rings. The van der Waals surface area contributed by atoms with E-state index in [2.05, 4.69) is 20.9 Å². The van der Waals surface area contributed by atoms with E-state index in [9.17, 15) is 0 Å². The van der Waals surface area contributed by atoms with Crippen molar-refractivity contribution in [1.29, 1.82) is 0 Å². The molecule has 16 heavy (non-hydrogen) atoms. The number of nitrogen functional groups attached to an aromatic ring is 1. The van der Waals surface area contributed by atoms with Gasteiger partial charge in [0.25, 0.3) is 0 Å². The van der Waals surface area contributed by atoms with Crippen LogP contribution in [0.1, 0.15) is 5.82 Å². The van der Waals surface area contributed by atoms with Gasteiger partial charge in [0.15, 0.2) is 0 Å². The second kappa shape index (κ2) is 4.57. The quantitative estimate of drug-likeness (QED) is 0.940. The van der Waals surface area contributed by atoms with E-state index in [1.165, 1.54) is 0 Å². The van der Waals surface area contributed by atoms with Gasteiger partial charge in [-0.25, -0.2) is 4.98 Å². The van der Waals surface area contributed by atoms with Gasteiger partial charge in [-0.15, -0.1) is 0 Å². The molecule has 0 unspecified atom stereocenters. The van der Waals surface area contributed by atoms with Crippen LogP contribution in [0.15, 0.2) is 34.9 Å². The van der Waals surface area contributed by atoms with Crippen molar-refractivity contribution in [3.05, 3.63) is 40.8 Å². The van der Waals surface area contributed by atoms with Gasteiger partial charge in [-0.2, -0.15) is 0 Å². The predicted molar refractivity (Wildman–Crippen MR) is 66.1 cm³/mol. The summed E-state index contributed by atoms with van der Waals surface area (Å²) in [6, 6.07) is 7.70. The SMILES string of the molecule is Cn1c(N)cnc1COc1ccccc1Br. The highest BCUT2D eigenvalue weighted by atomic mass is 79.9. The molecule has 1 aromatic heterocycles. The molecule has 0 radical (unpaired) electrons. The number of halogens is 1. The Labute approximate surface area is 102 Å². The lowest BCUT2D eigenvalue weighted by Crippen LogP contribution is -2.05. The maximum absolute atomic E-state index is 5.68. The van der Waals surface area contributed by atoms with Crippen LogP contribution in [0, 0.1) is 0 Å². The van der Waals surface area contributed by atoms with Crippen LogP contribution in [0.5, 0.6) is 5.75 Å². The molecule has 1 heterocycles. The number of aromatic nitrogens is 2. The first-order valence-electron chi connectivity index (χ1n) is 4.82. The number of nitrogens with two attached hydrogens (primary N) is 1. The van der Waals surface area contributed by atoms with Crippen LogP contribution in [0.2, 0.25) is 0 Å². The number of anilines is 1. The summed E-state index contributed by atoms with van der Waals surface area (Å²) >= 11 is 3.42. The van der Waals surface area contributed by atoms with E-state index >= 15 is 0 Å². The molecule has 0 bridgehead atoms. The molecule has 0 spiro atoms. The topological polar surface area (TPSA) is 53.1 Å². The molecule has 0 amide bonds. The smallest absolute Gasteiger partial charge is 0.148 e. The summed E-state index contributed by atoms with van der Waals surface area (Å²) in [6.07, 6.45) is 1.62. The summed E-state index contributed by atoms with van der Waals surface area (Å²) in [7, 11) is 1.86. The van der Waals surface area contributed by atoms with Crippen molar-refractivity contribution < 1.29 is 4.74 Å². The fraction of sp³-hybridized carbons (Fsp3) is 0.182. The number of para-hydroxylation sites is 1. The maximum Gasteiger partial charge on any atom is 0.148 e. The van der Waals surface area contributed by atoms with Crippen molar-refractivity contribution in [3.63, 3.8) is 0 Å². The average molecular weight is 282 g/mol. The number of ether oxygens (including phenoxy) is 1. The summed E-state index contributed by atoms with van der Waals surface area (Å²) in [5, 5.41) is 0. The van der Waals surface area contributed by atoms with Gasteiger partial charge in [0.1, 0.15) is 24.0 Å². The van der Waals surface area contributed by atoms with E-state index in [1.54, 1.807) is 10.8 Å². The van der Waals surface area contributed by atoms with Crippen molar-refractivity contribution in [2.24, 2.45) is 7.05 Å². The van der Waals surface area contributed by atoms with Crippen LogP contribution in [0.3, 0.4) is 0 Å². The Hall–Kier alpha value is -1.49. The highest BCUT2D eigenvalue weighted by Crippen LogP contribution is 2.24. The second-order valence-corrected chi connectivity index (χ2v) is 4.23. The minimum atomic E-state index is 0.399. The Bertz CT molecular complexity index is 496. The third-order valence-electron chi connectivity index (χ3n) is 2.31. The summed E-state index contributed by atoms with van der Waals surface area (Å²) < 4.78 is 8.36. The van der Waals surface area contributed by atoms with Gasteiger partial charge in [0.05, 0.1) is 10.7 Å². The number of benzene rings is 1. The molecular formula is C11H12BrN3O. The lowest BCUT2D eigenvalue weighted by atomic mass is 10.3.